The molecule has 0 bridgehead atoms. The highest BCUT2D eigenvalue weighted by Gasteiger charge is 2.41. The Balaban J connectivity index is 2.09. The number of carbonyl (C=O) groups excluding carboxylic acids is 1. The molecule has 0 aromatic heterocycles. The zero-order chi connectivity index (χ0) is 24.4. The number of anilines is 1. The lowest BCUT2D eigenvalue weighted by Gasteiger charge is -2.36. The van der Waals surface area contributed by atoms with Crippen LogP contribution in [-0.2, 0) is 6.18 Å². The van der Waals surface area contributed by atoms with Gasteiger partial charge in [0.2, 0.25) is 5.92 Å². The number of amides is 1. The number of hydrogen-bond donors (Lipinski definition) is 1. The summed E-state index contributed by atoms with van der Waals surface area (Å²) < 4.78 is 69.9. The molecule has 2 unspecified atom stereocenters. The third-order valence-corrected chi connectivity index (χ3v) is 6.92. The highest BCUT2D eigenvalue weighted by Crippen LogP contribution is 2.42. The number of halogens is 6. The van der Waals surface area contributed by atoms with E-state index in [9.17, 15) is 26.7 Å². The van der Waals surface area contributed by atoms with Crippen molar-refractivity contribution in [2.24, 2.45) is 0 Å². The van der Waals surface area contributed by atoms with E-state index in [2.05, 4.69) is 5.32 Å². The molecule has 2 fully saturated rings. The Morgan fingerprint density at radius 1 is 1.30 bits per heavy atom. The van der Waals surface area contributed by atoms with Gasteiger partial charge >= 0.3 is 6.18 Å². The number of likely N-dealkylation sites (N-methyl/N-ethyl adjacent to an activating group) is 1. The maximum Gasteiger partial charge on any atom is 0.417 e. The summed E-state index contributed by atoms with van der Waals surface area (Å²) in [7, 11) is 1.62. The Bertz CT molecular complexity index is 842. The Hall–Kier alpha value is -1.61. The minimum atomic E-state index is -4.73. The number of benzene rings is 1. The number of nitrogens with zero attached hydrogens (tertiary/aromatic N) is 2. The molecule has 4 nitrogen and oxygen atoms in total. The molecule has 1 aromatic carbocycles. The van der Waals surface area contributed by atoms with Crippen LogP contribution in [0.4, 0.5) is 27.6 Å². The molecular weight excluding hydrogens is 465 g/mol. The predicted molar refractivity (Wildman–Crippen MR) is 119 cm³/mol. The van der Waals surface area contributed by atoms with Gasteiger partial charge in [0, 0.05) is 45.1 Å². The van der Waals surface area contributed by atoms with Crippen molar-refractivity contribution in [2.45, 2.75) is 76.1 Å². The Morgan fingerprint density at radius 2 is 2.03 bits per heavy atom. The van der Waals surface area contributed by atoms with Crippen molar-refractivity contribution in [1.29, 1.82) is 0 Å². The average molecular weight is 496 g/mol. The number of alkyl halides is 5. The first-order valence-corrected chi connectivity index (χ1v) is 11.9. The normalized spacial score (nSPS) is 23.8. The number of rotatable bonds is 5. The predicted octanol–water partition coefficient (Wildman–Crippen LogP) is 5.98. The second kappa shape index (κ2) is 10.3. The van der Waals surface area contributed by atoms with Gasteiger partial charge in [0.15, 0.2) is 0 Å². The zero-order valence-corrected chi connectivity index (χ0v) is 19.7. The molecule has 1 N–H and O–H groups in total. The van der Waals surface area contributed by atoms with Crippen LogP contribution in [0, 0.1) is 0 Å². The molecule has 2 saturated heterocycles. The first-order valence-electron chi connectivity index (χ1n) is 11.5. The molecule has 186 valence electrons. The van der Waals surface area contributed by atoms with E-state index in [1.54, 1.807) is 11.9 Å². The molecule has 2 atom stereocenters. The van der Waals surface area contributed by atoms with Crippen LogP contribution in [0.2, 0.25) is 5.02 Å². The Labute approximate surface area is 196 Å². The molecule has 2 aliphatic heterocycles. The first kappa shape index (κ1) is 26.0. The van der Waals surface area contributed by atoms with Crippen molar-refractivity contribution >= 4 is 23.2 Å². The fourth-order valence-corrected chi connectivity index (χ4v) is 5.13. The highest BCUT2D eigenvalue weighted by molar-refractivity contribution is 6.32. The molecule has 0 radical (unpaired) electrons. The maximum atomic E-state index is 14.4. The SMILES string of the molecule is CCCC1CC(F)(F)CCCN1c1cc(C(F)(F)F)c(Cl)cc1C(=O)N(C)C1CCCNC1. The summed E-state index contributed by atoms with van der Waals surface area (Å²) >= 11 is 5.99. The molecule has 1 amide bonds. The Kier molecular flexibility index (Phi) is 8.15. The van der Waals surface area contributed by atoms with Crippen LogP contribution in [-0.4, -0.2) is 55.5 Å². The van der Waals surface area contributed by atoms with Crippen molar-refractivity contribution in [2.75, 3.05) is 31.6 Å². The van der Waals surface area contributed by atoms with Gasteiger partial charge in [-0.15, -0.1) is 0 Å². The average Bonchev–Trinajstić information content (AvgIpc) is 2.90. The van der Waals surface area contributed by atoms with Crippen molar-refractivity contribution in [3.63, 3.8) is 0 Å². The van der Waals surface area contributed by atoms with Gasteiger partial charge in [-0.2, -0.15) is 13.2 Å². The van der Waals surface area contributed by atoms with Gasteiger partial charge in [-0.05, 0) is 44.4 Å². The molecule has 0 saturated carbocycles. The summed E-state index contributed by atoms with van der Waals surface area (Å²) in [5.74, 6) is -3.36. The van der Waals surface area contributed by atoms with Crippen molar-refractivity contribution in [1.82, 2.24) is 10.2 Å². The lowest BCUT2D eigenvalue weighted by Crippen LogP contribution is -2.47. The fraction of sp³-hybridized carbons (Fsp3) is 0.696. The van der Waals surface area contributed by atoms with Crippen molar-refractivity contribution in [3.8, 4) is 0 Å². The van der Waals surface area contributed by atoms with E-state index in [0.717, 1.165) is 31.5 Å². The molecule has 1 aromatic rings. The van der Waals surface area contributed by atoms with E-state index >= 15 is 0 Å². The van der Waals surface area contributed by atoms with E-state index in [4.69, 9.17) is 11.6 Å². The largest absolute Gasteiger partial charge is 0.417 e. The lowest BCUT2D eigenvalue weighted by atomic mass is 9.99. The second-order valence-corrected chi connectivity index (χ2v) is 9.47. The highest BCUT2D eigenvalue weighted by atomic mass is 35.5. The molecular formula is C23H31ClF5N3O. The molecule has 2 aliphatic rings. The summed E-state index contributed by atoms with van der Waals surface area (Å²) in [6.07, 6.45) is -2.78. The molecule has 3 rings (SSSR count). The number of hydrogen-bond acceptors (Lipinski definition) is 3. The summed E-state index contributed by atoms with van der Waals surface area (Å²) in [5, 5.41) is 2.65. The minimum absolute atomic E-state index is 0.0207. The number of piperidine rings is 1. The van der Waals surface area contributed by atoms with Crippen LogP contribution in [0.15, 0.2) is 12.1 Å². The monoisotopic (exact) mass is 495 g/mol. The van der Waals surface area contributed by atoms with Gasteiger partial charge in [0.25, 0.3) is 5.91 Å². The zero-order valence-electron chi connectivity index (χ0n) is 19.0. The van der Waals surface area contributed by atoms with Crippen molar-refractivity contribution < 1.29 is 26.7 Å². The van der Waals surface area contributed by atoms with E-state index in [0.29, 0.717) is 19.4 Å². The molecule has 0 spiro atoms. The van der Waals surface area contributed by atoms with Crippen LogP contribution in [0.1, 0.15) is 67.8 Å². The number of carbonyl (C=O) groups is 1. The quantitative estimate of drug-likeness (QED) is 0.511. The molecule has 2 heterocycles. The van der Waals surface area contributed by atoms with Crippen LogP contribution >= 0.6 is 11.6 Å². The minimum Gasteiger partial charge on any atom is -0.368 e. The van der Waals surface area contributed by atoms with Gasteiger partial charge in [-0.1, -0.05) is 24.9 Å². The standard InChI is InChI=1S/C23H31ClF5N3O/c1-3-6-15-13-22(25,26)8-5-10-32(15)20-12-18(23(27,28)29)19(24)11-17(20)21(33)31(2)16-7-4-9-30-14-16/h11-12,15-16,30H,3-10,13-14H2,1-2H3. The summed E-state index contributed by atoms with van der Waals surface area (Å²) in [5.41, 5.74) is -1.01. The van der Waals surface area contributed by atoms with Gasteiger partial charge in [-0.3, -0.25) is 4.79 Å². The molecule has 10 heteroatoms. The first-order chi connectivity index (χ1) is 15.4. The fourth-order valence-electron chi connectivity index (χ4n) is 4.86. The van der Waals surface area contributed by atoms with E-state index < -0.39 is 41.1 Å². The third kappa shape index (κ3) is 6.10. The van der Waals surface area contributed by atoms with E-state index in [-0.39, 0.29) is 36.7 Å². The van der Waals surface area contributed by atoms with Gasteiger partial charge in [0.1, 0.15) is 0 Å². The molecule has 0 aliphatic carbocycles. The summed E-state index contributed by atoms with van der Waals surface area (Å²) in [4.78, 5) is 16.6. The second-order valence-electron chi connectivity index (χ2n) is 9.06. The smallest absolute Gasteiger partial charge is 0.368 e. The van der Waals surface area contributed by atoms with Crippen LogP contribution in [0.5, 0.6) is 0 Å². The summed E-state index contributed by atoms with van der Waals surface area (Å²) in [6, 6.07) is 1.14. The third-order valence-electron chi connectivity index (χ3n) is 6.61. The van der Waals surface area contributed by atoms with Gasteiger partial charge in [-0.25, -0.2) is 8.78 Å². The van der Waals surface area contributed by atoms with Crippen LogP contribution < -0.4 is 10.2 Å². The molecule has 33 heavy (non-hydrogen) atoms. The lowest BCUT2D eigenvalue weighted by molar-refractivity contribution is -0.137. The van der Waals surface area contributed by atoms with E-state index in [1.165, 1.54) is 4.90 Å². The topological polar surface area (TPSA) is 35.6 Å². The van der Waals surface area contributed by atoms with Crippen LogP contribution in [0.25, 0.3) is 0 Å². The maximum absolute atomic E-state index is 14.4. The summed E-state index contributed by atoms with van der Waals surface area (Å²) in [6.45, 7) is 3.42. The van der Waals surface area contributed by atoms with Crippen LogP contribution in [0.3, 0.4) is 0 Å². The van der Waals surface area contributed by atoms with E-state index in [1.807, 2.05) is 6.92 Å². The Morgan fingerprint density at radius 3 is 2.64 bits per heavy atom. The van der Waals surface area contributed by atoms with Gasteiger partial charge < -0.3 is 15.1 Å². The van der Waals surface area contributed by atoms with Crippen molar-refractivity contribution in [3.05, 3.63) is 28.3 Å². The number of nitrogens with one attached hydrogen (secondary N) is 1. The van der Waals surface area contributed by atoms with Gasteiger partial charge in [0.05, 0.1) is 21.8 Å².